The van der Waals surface area contributed by atoms with E-state index in [4.69, 9.17) is 0 Å². The zero-order chi connectivity index (χ0) is 15.2. The van der Waals surface area contributed by atoms with Gasteiger partial charge in [0, 0.05) is 6.04 Å². The van der Waals surface area contributed by atoms with Crippen molar-refractivity contribution >= 4 is 0 Å². The Labute approximate surface area is 125 Å². The van der Waals surface area contributed by atoms with Crippen LogP contribution in [0.2, 0.25) is 0 Å². The molecule has 0 aliphatic heterocycles. The van der Waals surface area contributed by atoms with Gasteiger partial charge in [-0.1, -0.05) is 42.8 Å². The van der Waals surface area contributed by atoms with Crippen LogP contribution in [0.1, 0.15) is 36.1 Å². The second-order valence-corrected chi connectivity index (χ2v) is 5.37. The van der Waals surface area contributed by atoms with Crippen molar-refractivity contribution < 1.29 is 8.78 Å². The zero-order valence-electron chi connectivity index (χ0n) is 12.5. The summed E-state index contributed by atoms with van der Waals surface area (Å²) in [7, 11) is 0. The van der Waals surface area contributed by atoms with E-state index >= 15 is 0 Å². The molecular weight excluding hydrogens is 268 g/mol. The molecule has 0 fully saturated rings. The van der Waals surface area contributed by atoms with Gasteiger partial charge in [0.05, 0.1) is 0 Å². The van der Waals surface area contributed by atoms with Crippen molar-refractivity contribution in [2.45, 2.75) is 32.7 Å². The van der Waals surface area contributed by atoms with E-state index in [0.29, 0.717) is 6.42 Å². The van der Waals surface area contributed by atoms with E-state index in [9.17, 15) is 8.78 Å². The van der Waals surface area contributed by atoms with Gasteiger partial charge in [-0.25, -0.2) is 8.78 Å². The summed E-state index contributed by atoms with van der Waals surface area (Å²) in [6.07, 6.45) is 1.67. The minimum Gasteiger partial charge on any atom is -0.310 e. The summed E-state index contributed by atoms with van der Waals surface area (Å²) in [5.74, 6) is -1.59. The molecule has 1 nitrogen and oxygen atoms in total. The van der Waals surface area contributed by atoms with Gasteiger partial charge in [0.25, 0.3) is 0 Å². The summed E-state index contributed by atoms with van der Waals surface area (Å²) in [4.78, 5) is 0. The highest BCUT2D eigenvalue weighted by molar-refractivity contribution is 5.27. The Hall–Kier alpha value is -1.74. The third-order valence-electron chi connectivity index (χ3n) is 3.54. The van der Waals surface area contributed by atoms with Gasteiger partial charge in [0.15, 0.2) is 11.6 Å². The standard InChI is InChI=1S/C18H21F2N/c1-3-10-21-18(15-7-4-13(2)5-8-15)12-14-6-9-16(19)17(20)11-14/h4-9,11,18,21H,3,10,12H2,1-2H3. The van der Waals surface area contributed by atoms with Gasteiger partial charge in [-0.2, -0.15) is 0 Å². The summed E-state index contributed by atoms with van der Waals surface area (Å²) in [5, 5.41) is 3.47. The highest BCUT2D eigenvalue weighted by Crippen LogP contribution is 2.20. The van der Waals surface area contributed by atoms with Crippen LogP contribution in [-0.4, -0.2) is 6.54 Å². The molecule has 0 aliphatic rings. The molecule has 0 spiro atoms. The van der Waals surface area contributed by atoms with E-state index in [2.05, 4.69) is 36.5 Å². The normalized spacial score (nSPS) is 12.4. The van der Waals surface area contributed by atoms with Gasteiger partial charge >= 0.3 is 0 Å². The highest BCUT2D eigenvalue weighted by atomic mass is 19.2. The summed E-state index contributed by atoms with van der Waals surface area (Å²) in [5.41, 5.74) is 3.17. The molecule has 1 unspecified atom stereocenters. The first-order valence-electron chi connectivity index (χ1n) is 7.34. The fraction of sp³-hybridized carbons (Fsp3) is 0.333. The lowest BCUT2D eigenvalue weighted by atomic mass is 9.97. The molecule has 2 aromatic rings. The molecule has 21 heavy (non-hydrogen) atoms. The van der Waals surface area contributed by atoms with Crippen molar-refractivity contribution in [3.63, 3.8) is 0 Å². The maximum atomic E-state index is 13.3. The number of hydrogen-bond donors (Lipinski definition) is 1. The second kappa shape index (κ2) is 7.32. The number of benzene rings is 2. The Morgan fingerprint density at radius 3 is 2.33 bits per heavy atom. The van der Waals surface area contributed by atoms with Crippen LogP contribution in [-0.2, 0) is 6.42 Å². The van der Waals surface area contributed by atoms with Crippen LogP contribution >= 0.6 is 0 Å². The van der Waals surface area contributed by atoms with Crippen LogP contribution in [0.5, 0.6) is 0 Å². The van der Waals surface area contributed by atoms with E-state index in [0.717, 1.165) is 18.5 Å². The number of aryl methyl sites for hydroxylation is 1. The third-order valence-corrected chi connectivity index (χ3v) is 3.54. The molecule has 0 bridgehead atoms. The van der Waals surface area contributed by atoms with Crippen LogP contribution in [0, 0.1) is 18.6 Å². The van der Waals surface area contributed by atoms with Crippen LogP contribution in [0.3, 0.4) is 0 Å². The lowest BCUT2D eigenvalue weighted by Gasteiger charge is -2.19. The predicted octanol–water partition coefficient (Wildman–Crippen LogP) is 4.56. The van der Waals surface area contributed by atoms with Gasteiger partial charge < -0.3 is 5.32 Å². The van der Waals surface area contributed by atoms with Crippen molar-refractivity contribution in [1.29, 1.82) is 0 Å². The molecule has 1 N–H and O–H groups in total. The van der Waals surface area contributed by atoms with Crippen molar-refractivity contribution in [3.05, 3.63) is 70.8 Å². The summed E-state index contributed by atoms with van der Waals surface area (Å²) in [6.45, 7) is 5.05. The molecule has 0 radical (unpaired) electrons. The van der Waals surface area contributed by atoms with Crippen molar-refractivity contribution in [1.82, 2.24) is 5.32 Å². The first-order valence-corrected chi connectivity index (χ1v) is 7.34. The van der Waals surface area contributed by atoms with Gasteiger partial charge in [0.1, 0.15) is 0 Å². The van der Waals surface area contributed by atoms with Crippen LogP contribution in [0.15, 0.2) is 42.5 Å². The number of rotatable bonds is 6. The topological polar surface area (TPSA) is 12.0 Å². The Bertz CT molecular complexity index is 578. The molecular formula is C18H21F2N. The second-order valence-electron chi connectivity index (χ2n) is 5.37. The summed E-state index contributed by atoms with van der Waals surface area (Å²) >= 11 is 0. The maximum Gasteiger partial charge on any atom is 0.159 e. The van der Waals surface area contributed by atoms with Crippen LogP contribution in [0.25, 0.3) is 0 Å². The summed E-state index contributed by atoms with van der Waals surface area (Å²) < 4.78 is 26.4. The molecule has 0 saturated carbocycles. The Kier molecular flexibility index (Phi) is 5.45. The molecule has 0 saturated heterocycles. The zero-order valence-corrected chi connectivity index (χ0v) is 12.5. The molecule has 0 aromatic heterocycles. The Balaban J connectivity index is 2.19. The lowest BCUT2D eigenvalue weighted by Crippen LogP contribution is -2.24. The summed E-state index contributed by atoms with van der Waals surface area (Å²) in [6, 6.07) is 12.5. The Morgan fingerprint density at radius 1 is 1.00 bits per heavy atom. The van der Waals surface area contributed by atoms with E-state index in [-0.39, 0.29) is 6.04 Å². The Morgan fingerprint density at radius 2 is 1.71 bits per heavy atom. The fourth-order valence-corrected chi connectivity index (χ4v) is 2.33. The lowest BCUT2D eigenvalue weighted by molar-refractivity contribution is 0.500. The van der Waals surface area contributed by atoms with Gasteiger partial charge in [-0.05, 0) is 49.6 Å². The number of nitrogens with one attached hydrogen (secondary N) is 1. The minimum absolute atomic E-state index is 0.107. The van der Waals surface area contributed by atoms with E-state index in [1.807, 2.05) is 6.92 Å². The van der Waals surface area contributed by atoms with Crippen molar-refractivity contribution in [3.8, 4) is 0 Å². The molecule has 0 amide bonds. The number of halogens is 2. The molecule has 2 aromatic carbocycles. The van der Waals surface area contributed by atoms with Crippen LogP contribution < -0.4 is 5.32 Å². The largest absolute Gasteiger partial charge is 0.310 e. The average Bonchev–Trinajstić information content (AvgIpc) is 2.48. The van der Waals surface area contributed by atoms with Crippen molar-refractivity contribution in [2.24, 2.45) is 0 Å². The van der Waals surface area contributed by atoms with Crippen LogP contribution in [0.4, 0.5) is 8.78 Å². The molecule has 1 atom stereocenters. The highest BCUT2D eigenvalue weighted by Gasteiger charge is 2.13. The molecule has 2 rings (SSSR count). The van der Waals surface area contributed by atoms with E-state index in [1.54, 1.807) is 6.07 Å². The minimum atomic E-state index is -0.799. The van der Waals surface area contributed by atoms with E-state index in [1.165, 1.54) is 23.3 Å². The van der Waals surface area contributed by atoms with E-state index < -0.39 is 11.6 Å². The molecule has 0 heterocycles. The third kappa shape index (κ3) is 4.36. The molecule has 0 aliphatic carbocycles. The quantitative estimate of drug-likeness (QED) is 0.822. The number of hydrogen-bond acceptors (Lipinski definition) is 1. The smallest absolute Gasteiger partial charge is 0.159 e. The predicted molar refractivity (Wildman–Crippen MR) is 82.3 cm³/mol. The van der Waals surface area contributed by atoms with Gasteiger partial charge in [-0.15, -0.1) is 0 Å². The van der Waals surface area contributed by atoms with Gasteiger partial charge in [0.2, 0.25) is 0 Å². The van der Waals surface area contributed by atoms with Crippen molar-refractivity contribution in [2.75, 3.05) is 6.54 Å². The first-order chi connectivity index (χ1) is 10.1. The molecule has 3 heteroatoms. The monoisotopic (exact) mass is 289 g/mol. The SMILES string of the molecule is CCCNC(Cc1ccc(F)c(F)c1)c1ccc(C)cc1. The fourth-order valence-electron chi connectivity index (χ4n) is 2.33. The first kappa shape index (κ1) is 15.6. The molecule has 112 valence electrons. The van der Waals surface area contributed by atoms with Gasteiger partial charge in [-0.3, -0.25) is 0 Å². The maximum absolute atomic E-state index is 13.3. The average molecular weight is 289 g/mol.